The van der Waals surface area contributed by atoms with Gasteiger partial charge in [0.25, 0.3) is 0 Å². The molecule has 0 heterocycles. The van der Waals surface area contributed by atoms with E-state index in [0.717, 1.165) is 25.7 Å². The second kappa shape index (κ2) is 8.74. The van der Waals surface area contributed by atoms with Crippen LogP contribution in [0, 0.1) is 0 Å². The van der Waals surface area contributed by atoms with Gasteiger partial charge in [0.2, 0.25) is 0 Å². The summed E-state index contributed by atoms with van der Waals surface area (Å²) in [6.45, 7) is 0. The van der Waals surface area contributed by atoms with E-state index in [1.165, 1.54) is 65.3 Å². The Labute approximate surface area is 216 Å². The van der Waals surface area contributed by atoms with Gasteiger partial charge in [0.15, 0.2) is 0 Å². The van der Waals surface area contributed by atoms with E-state index in [-0.39, 0.29) is 12.3 Å². The summed E-state index contributed by atoms with van der Waals surface area (Å²) in [5.41, 5.74) is 5.68. The van der Waals surface area contributed by atoms with Crippen molar-refractivity contribution in [1.82, 2.24) is 0 Å². The Morgan fingerprint density at radius 1 is 0.514 bits per heavy atom. The number of fused-ring (bicyclic) bond motifs is 13. The van der Waals surface area contributed by atoms with Crippen LogP contribution < -0.4 is 0 Å². The highest BCUT2D eigenvalue weighted by atomic mass is 16.4. The number of unbranched alkanes of at least 4 members (excludes halogenated alkanes) is 2. The summed E-state index contributed by atoms with van der Waals surface area (Å²) >= 11 is 0. The SMILES string of the molecule is O=C(O)CCCCCC1c2c(c3ccccc3c3ccccc23)-c2c1c1ccccc1c1ccccc21. The van der Waals surface area contributed by atoms with E-state index in [9.17, 15) is 4.79 Å². The molecule has 180 valence electrons. The van der Waals surface area contributed by atoms with Gasteiger partial charge in [-0.25, -0.2) is 0 Å². The summed E-state index contributed by atoms with van der Waals surface area (Å²) < 4.78 is 0. The van der Waals surface area contributed by atoms with E-state index < -0.39 is 5.97 Å². The maximum absolute atomic E-state index is 11.1. The zero-order valence-corrected chi connectivity index (χ0v) is 20.7. The first-order valence-electron chi connectivity index (χ1n) is 13.3. The molecule has 0 unspecified atom stereocenters. The molecular weight excluding hydrogens is 452 g/mol. The Morgan fingerprint density at radius 2 is 0.892 bits per heavy atom. The fraction of sp³-hybridized carbons (Fsp3) is 0.171. The molecule has 0 aromatic heterocycles. The third-order valence-electron chi connectivity index (χ3n) is 8.28. The predicted molar refractivity (Wildman–Crippen MR) is 154 cm³/mol. The molecule has 0 fully saturated rings. The fourth-order valence-electron chi connectivity index (χ4n) is 6.83. The molecule has 6 aromatic rings. The molecule has 0 aliphatic heterocycles. The van der Waals surface area contributed by atoms with Gasteiger partial charge in [-0.15, -0.1) is 0 Å². The molecule has 2 heteroatoms. The lowest BCUT2D eigenvalue weighted by atomic mass is 9.84. The summed E-state index contributed by atoms with van der Waals surface area (Å²) in [5.74, 6) is -0.426. The maximum Gasteiger partial charge on any atom is 0.303 e. The fourth-order valence-corrected chi connectivity index (χ4v) is 6.83. The number of hydrogen-bond donors (Lipinski definition) is 1. The van der Waals surface area contributed by atoms with E-state index in [1.54, 1.807) is 0 Å². The Morgan fingerprint density at radius 3 is 1.32 bits per heavy atom. The number of carbonyl (C=O) groups is 1. The Balaban J connectivity index is 1.57. The molecule has 0 saturated carbocycles. The lowest BCUT2D eigenvalue weighted by molar-refractivity contribution is -0.137. The van der Waals surface area contributed by atoms with Gasteiger partial charge in [-0.05, 0) is 78.2 Å². The minimum Gasteiger partial charge on any atom is -0.481 e. The van der Waals surface area contributed by atoms with Crippen molar-refractivity contribution < 1.29 is 9.90 Å². The van der Waals surface area contributed by atoms with Gasteiger partial charge in [-0.3, -0.25) is 4.79 Å². The summed E-state index contributed by atoms with van der Waals surface area (Å²) in [6, 6.07) is 35.5. The molecule has 6 aromatic carbocycles. The van der Waals surface area contributed by atoms with Crippen molar-refractivity contribution >= 4 is 49.1 Å². The first-order valence-corrected chi connectivity index (χ1v) is 13.3. The molecule has 0 atom stereocenters. The van der Waals surface area contributed by atoms with E-state index in [4.69, 9.17) is 5.11 Å². The van der Waals surface area contributed by atoms with Gasteiger partial charge in [0.1, 0.15) is 0 Å². The third kappa shape index (κ3) is 3.36. The van der Waals surface area contributed by atoms with Gasteiger partial charge in [0, 0.05) is 12.3 Å². The van der Waals surface area contributed by atoms with Crippen LogP contribution in [-0.2, 0) is 4.79 Å². The van der Waals surface area contributed by atoms with Crippen molar-refractivity contribution in [3.63, 3.8) is 0 Å². The minimum atomic E-state index is -0.702. The molecule has 2 nitrogen and oxygen atoms in total. The Bertz CT molecular complexity index is 1720. The van der Waals surface area contributed by atoms with Crippen molar-refractivity contribution in [2.75, 3.05) is 0 Å². The first kappa shape index (κ1) is 22.1. The molecule has 0 radical (unpaired) electrons. The van der Waals surface area contributed by atoms with Crippen molar-refractivity contribution in [2.24, 2.45) is 0 Å². The van der Waals surface area contributed by atoms with E-state index >= 15 is 0 Å². The number of rotatable bonds is 6. The van der Waals surface area contributed by atoms with E-state index in [0.29, 0.717) is 0 Å². The normalized spacial score (nSPS) is 13.0. The van der Waals surface area contributed by atoms with Crippen LogP contribution >= 0.6 is 0 Å². The van der Waals surface area contributed by atoms with Crippen LogP contribution in [-0.4, -0.2) is 11.1 Å². The van der Waals surface area contributed by atoms with Crippen molar-refractivity contribution in [3.8, 4) is 11.1 Å². The molecule has 0 saturated heterocycles. The zero-order valence-electron chi connectivity index (χ0n) is 20.7. The van der Waals surface area contributed by atoms with Crippen LogP contribution in [0.2, 0.25) is 0 Å². The van der Waals surface area contributed by atoms with Crippen LogP contribution in [0.4, 0.5) is 0 Å². The van der Waals surface area contributed by atoms with Crippen LogP contribution in [0.15, 0.2) is 97.1 Å². The standard InChI is InChI=1S/C35H28O2/c36-31(37)21-3-1-2-20-30-32-26-16-8-4-12-22(26)24-14-6-10-18-28(24)34(32)35-29-19-11-7-15-25(29)23-13-5-9-17-27(23)33(30)35/h4-19,30H,1-3,20-21H2,(H,36,37). The highest BCUT2D eigenvalue weighted by Crippen LogP contribution is 2.57. The summed E-state index contributed by atoms with van der Waals surface area (Å²) in [6.07, 6.45) is 3.95. The summed E-state index contributed by atoms with van der Waals surface area (Å²) in [5, 5.41) is 19.7. The quantitative estimate of drug-likeness (QED) is 0.190. The number of hydrogen-bond acceptors (Lipinski definition) is 1. The molecule has 1 N–H and O–H groups in total. The monoisotopic (exact) mass is 480 g/mol. The second-order valence-electron chi connectivity index (χ2n) is 10.3. The maximum atomic E-state index is 11.1. The Hall–Kier alpha value is -4.17. The molecule has 0 spiro atoms. The molecule has 1 aliphatic carbocycles. The number of carboxylic acid groups (broad SMARTS) is 1. The molecule has 7 rings (SSSR count). The molecule has 0 bridgehead atoms. The highest BCUT2D eigenvalue weighted by Gasteiger charge is 2.35. The number of carboxylic acids is 1. The summed E-state index contributed by atoms with van der Waals surface area (Å²) in [7, 11) is 0. The van der Waals surface area contributed by atoms with E-state index in [1.807, 2.05) is 0 Å². The van der Waals surface area contributed by atoms with Crippen molar-refractivity contribution in [3.05, 3.63) is 108 Å². The lowest BCUT2D eigenvalue weighted by Gasteiger charge is -2.19. The van der Waals surface area contributed by atoms with Gasteiger partial charge in [-0.1, -0.05) is 110 Å². The number of aliphatic carboxylic acids is 1. The molecule has 0 amide bonds. The van der Waals surface area contributed by atoms with Crippen molar-refractivity contribution in [1.29, 1.82) is 0 Å². The van der Waals surface area contributed by atoms with Crippen LogP contribution in [0.3, 0.4) is 0 Å². The summed E-state index contributed by atoms with van der Waals surface area (Å²) in [4.78, 5) is 11.1. The van der Waals surface area contributed by atoms with E-state index in [2.05, 4.69) is 97.1 Å². The smallest absolute Gasteiger partial charge is 0.303 e. The zero-order chi connectivity index (χ0) is 24.9. The predicted octanol–water partition coefficient (Wildman–Crippen LogP) is 9.45. The molecule has 1 aliphatic rings. The third-order valence-corrected chi connectivity index (χ3v) is 8.28. The van der Waals surface area contributed by atoms with Crippen LogP contribution in [0.1, 0.15) is 49.1 Å². The van der Waals surface area contributed by atoms with Gasteiger partial charge in [0.05, 0.1) is 0 Å². The van der Waals surface area contributed by atoms with Gasteiger partial charge < -0.3 is 5.11 Å². The van der Waals surface area contributed by atoms with Gasteiger partial charge >= 0.3 is 5.97 Å². The molecule has 37 heavy (non-hydrogen) atoms. The number of benzene rings is 6. The molecular formula is C35H28O2. The Kier molecular flexibility index (Phi) is 5.21. The average molecular weight is 481 g/mol. The lowest BCUT2D eigenvalue weighted by Crippen LogP contribution is -2.00. The first-order chi connectivity index (χ1) is 18.2. The van der Waals surface area contributed by atoms with Crippen LogP contribution in [0.25, 0.3) is 54.2 Å². The highest BCUT2D eigenvalue weighted by molar-refractivity contribution is 6.25. The largest absolute Gasteiger partial charge is 0.481 e. The van der Waals surface area contributed by atoms with Crippen LogP contribution in [0.5, 0.6) is 0 Å². The topological polar surface area (TPSA) is 37.3 Å². The van der Waals surface area contributed by atoms with Crippen molar-refractivity contribution in [2.45, 2.75) is 38.0 Å². The second-order valence-corrected chi connectivity index (χ2v) is 10.3. The van der Waals surface area contributed by atoms with Gasteiger partial charge in [-0.2, -0.15) is 0 Å². The minimum absolute atomic E-state index is 0.249. The average Bonchev–Trinajstić information content (AvgIpc) is 3.29.